The van der Waals surface area contributed by atoms with Gasteiger partial charge in [-0.25, -0.2) is 0 Å². The molecular formula is C14H27NO4Si. The summed E-state index contributed by atoms with van der Waals surface area (Å²) in [4.78, 5) is 11.9. The van der Waals surface area contributed by atoms with Crippen molar-refractivity contribution in [2.45, 2.75) is 76.8 Å². The number of carbonyl (C=O) groups excluding carboxylic acids is 1. The second-order valence-corrected chi connectivity index (χ2v) is 12.4. The van der Waals surface area contributed by atoms with Crippen molar-refractivity contribution in [2.75, 3.05) is 6.54 Å². The van der Waals surface area contributed by atoms with Crippen LogP contribution in [0.2, 0.25) is 18.1 Å². The molecule has 116 valence electrons. The molecule has 1 N–H and O–H groups in total. The predicted molar refractivity (Wildman–Crippen MR) is 78.9 cm³/mol. The number of nitrogens with one attached hydrogen (secondary N) is 1. The standard InChI is InChI=1S/C14H27NO4Si/c1-13(2,3)20(6,7)19-9-8-15-12(16)11-10(9)17-14(4,5)18-11/h9-11H,8H2,1-7H3,(H,15,16)/t9-,10-,11-/m1/s1. The second-order valence-electron chi connectivity index (χ2n) is 7.68. The summed E-state index contributed by atoms with van der Waals surface area (Å²) in [5.74, 6) is -0.831. The molecule has 1 amide bonds. The van der Waals surface area contributed by atoms with Crippen LogP contribution < -0.4 is 5.32 Å². The molecule has 0 aromatic rings. The molecular weight excluding hydrogens is 274 g/mol. The minimum atomic E-state index is -1.91. The number of rotatable bonds is 2. The van der Waals surface area contributed by atoms with Crippen LogP contribution in [0, 0.1) is 0 Å². The van der Waals surface area contributed by atoms with E-state index in [9.17, 15) is 4.79 Å². The Kier molecular flexibility index (Phi) is 3.82. The van der Waals surface area contributed by atoms with E-state index >= 15 is 0 Å². The van der Waals surface area contributed by atoms with Gasteiger partial charge in [-0.15, -0.1) is 0 Å². The lowest BCUT2D eigenvalue weighted by Gasteiger charge is -2.42. The van der Waals surface area contributed by atoms with Gasteiger partial charge in [0.15, 0.2) is 20.2 Å². The van der Waals surface area contributed by atoms with Crippen LogP contribution >= 0.6 is 0 Å². The zero-order valence-corrected chi connectivity index (χ0v) is 14.6. The summed E-state index contributed by atoms with van der Waals surface area (Å²) in [5.41, 5.74) is 0. The van der Waals surface area contributed by atoms with Gasteiger partial charge >= 0.3 is 0 Å². The molecule has 3 atom stereocenters. The summed E-state index contributed by atoms with van der Waals surface area (Å²) in [7, 11) is -1.91. The van der Waals surface area contributed by atoms with E-state index < -0.39 is 20.2 Å². The van der Waals surface area contributed by atoms with Crippen molar-refractivity contribution in [3.05, 3.63) is 0 Å². The van der Waals surface area contributed by atoms with E-state index in [1.54, 1.807) is 0 Å². The maximum Gasteiger partial charge on any atom is 0.252 e. The van der Waals surface area contributed by atoms with Crippen molar-refractivity contribution in [1.29, 1.82) is 0 Å². The molecule has 2 aliphatic rings. The fraction of sp³-hybridized carbons (Fsp3) is 0.929. The highest BCUT2D eigenvalue weighted by molar-refractivity contribution is 6.74. The normalized spacial score (nSPS) is 33.8. The number of hydrogen-bond acceptors (Lipinski definition) is 4. The van der Waals surface area contributed by atoms with Gasteiger partial charge in [0.1, 0.15) is 6.10 Å². The fourth-order valence-electron chi connectivity index (χ4n) is 2.35. The number of amides is 1. The Morgan fingerprint density at radius 3 is 2.45 bits per heavy atom. The van der Waals surface area contributed by atoms with Crippen LogP contribution in [0.15, 0.2) is 0 Å². The van der Waals surface area contributed by atoms with Crippen LogP contribution in [0.25, 0.3) is 0 Å². The molecule has 6 heteroatoms. The van der Waals surface area contributed by atoms with E-state index in [0.29, 0.717) is 6.54 Å². The Labute approximate surface area is 122 Å². The quantitative estimate of drug-likeness (QED) is 0.793. The molecule has 0 spiro atoms. The van der Waals surface area contributed by atoms with Gasteiger partial charge in [0.2, 0.25) is 0 Å². The third kappa shape index (κ3) is 2.93. The maximum absolute atomic E-state index is 11.9. The van der Waals surface area contributed by atoms with Crippen LogP contribution in [-0.2, 0) is 18.7 Å². The SMILES string of the molecule is CC1(C)O[C@@H]2[C@H](O[Si](C)(C)C(C)(C)C)CNC(=O)[C@@H]2O1. The summed E-state index contributed by atoms with van der Waals surface area (Å²) in [6, 6.07) is 0. The molecule has 2 heterocycles. The predicted octanol–water partition coefficient (Wildman–Crippen LogP) is 2.03. The Morgan fingerprint density at radius 1 is 1.30 bits per heavy atom. The molecule has 5 nitrogen and oxygen atoms in total. The van der Waals surface area contributed by atoms with Crippen molar-refractivity contribution in [1.82, 2.24) is 5.32 Å². The third-order valence-corrected chi connectivity index (χ3v) is 8.99. The van der Waals surface area contributed by atoms with Gasteiger partial charge in [0, 0.05) is 6.54 Å². The summed E-state index contributed by atoms with van der Waals surface area (Å²) < 4.78 is 18.0. The van der Waals surface area contributed by atoms with Gasteiger partial charge < -0.3 is 19.2 Å². The van der Waals surface area contributed by atoms with Gasteiger partial charge in [0.25, 0.3) is 5.91 Å². The van der Waals surface area contributed by atoms with Gasteiger partial charge in [-0.3, -0.25) is 4.79 Å². The van der Waals surface area contributed by atoms with Gasteiger partial charge in [0.05, 0.1) is 6.10 Å². The van der Waals surface area contributed by atoms with Crippen LogP contribution in [0.3, 0.4) is 0 Å². The molecule has 2 saturated heterocycles. The Balaban J connectivity index is 2.15. The average molecular weight is 301 g/mol. The van der Waals surface area contributed by atoms with E-state index in [0.717, 1.165) is 0 Å². The molecule has 0 aromatic heterocycles. The van der Waals surface area contributed by atoms with Crippen LogP contribution in [0.4, 0.5) is 0 Å². The molecule has 0 bridgehead atoms. The van der Waals surface area contributed by atoms with Crippen molar-refractivity contribution < 1.29 is 18.7 Å². The number of fused-ring (bicyclic) bond motifs is 1. The van der Waals surface area contributed by atoms with E-state index in [-0.39, 0.29) is 23.2 Å². The zero-order valence-electron chi connectivity index (χ0n) is 13.6. The first-order chi connectivity index (χ1) is 8.93. The molecule has 0 unspecified atom stereocenters. The van der Waals surface area contributed by atoms with Crippen molar-refractivity contribution >= 4 is 14.2 Å². The lowest BCUT2D eigenvalue weighted by Crippen LogP contribution is -2.60. The first-order valence-electron chi connectivity index (χ1n) is 7.24. The van der Waals surface area contributed by atoms with Crippen LogP contribution in [-0.4, -0.2) is 44.9 Å². The van der Waals surface area contributed by atoms with E-state index in [1.807, 2.05) is 13.8 Å². The number of ether oxygens (including phenoxy) is 2. The molecule has 0 aliphatic carbocycles. The smallest absolute Gasteiger partial charge is 0.252 e. The number of piperidine rings is 1. The Morgan fingerprint density at radius 2 is 1.90 bits per heavy atom. The maximum atomic E-state index is 11.9. The fourth-order valence-corrected chi connectivity index (χ4v) is 3.67. The number of carbonyl (C=O) groups is 1. The summed E-state index contributed by atoms with van der Waals surface area (Å²) in [5, 5.41) is 2.99. The van der Waals surface area contributed by atoms with Crippen LogP contribution in [0.5, 0.6) is 0 Å². The molecule has 0 radical (unpaired) electrons. The summed E-state index contributed by atoms with van der Waals surface area (Å²) in [6.07, 6.45) is -1.01. The monoisotopic (exact) mass is 301 g/mol. The van der Waals surface area contributed by atoms with E-state index in [2.05, 4.69) is 39.2 Å². The summed E-state index contributed by atoms with van der Waals surface area (Å²) in [6.45, 7) is 15.2. The molecule has 20 heavy (non-hydrogen) atoms. The molecule has 2 aliphatic heterocycles. The largest absolute Gasteiger partial charge is 0.409 e. The van der Waals surface area contributed by atoms with Crippen molar-refractivity contribution in [3.63, 3.8) is 0 Å². The van der Waals surface area contributed by atoms with Gasteiger partial charge in [-0.2, -0.15) is 0 Å². The second kappa shape index (κ2) is 4.80. The first kappa shape index (κ1) is 15.9. The molecule has 2 rings (SSSR count). The molecule has 0 saturated carbocycles. The van der Waals surface area contributed by atoms with E-state index in [4.69, 9.17) is 13.9 Å². The van der Waals surface area contributed by atoms with Crippen molar-refractivity contribution in [3.8, 4) is 0 Å². The highest BCUT2D eigenvalue weighted by Crippen LogP contribution is 2.40. The lowest BCUT2D eigenvalue weighted by atomic mass is 10.0. The lowest BCUT2D eigenvalue weighted by molar-refractivity contribution is -0.156. The van der Waals surface area contributed by atoms with Gasteiger partial charge in [-0.1, -0.05) is 20.8 Å². The van der Waals surface area contributed by atoms with E-state index in [1.165, 1.54) is 0 Å². The van der Waals surface area contributed by atoms with Gasteiger partial charge in [-0.05, 0) is 32.0 Å². The summed E-state index contributed by atoms with van der Waals surface area (Å²) >= 11 is 0. The third-order valence-electron chi connectivity index (χ3n) is 4.48. The topological polar surface area (TPSA) is 56.8 Å². The number of hydrogen-bond donors (Lipinski definition) is 1. The molecule has 0 aromatic carbocycles. The average Bonchev–Trinajstić information content (AvgIpc) is 2.57. The Hall–Kier alpha value is -0.433. The van der Waals surface area contributed by atoms with Crippen LogP contribution in [0.1, 0.15) is 34.6 Å². The minimum Gasteiger partial charge on any atom is -0.409 e. The first-order valence-corrected chi connectivity index (χ1v) is 10.1. The highest BCUT2D eigenvalue weighted by Gasteiger charge is 2.53. The minimum absolute atomic E-state index is 0.101. The highest BCUT2D eigenvalue weighted by atomic mass is 28.4. The zero-order chi connectivity index (χ0) is 15.3. The van der Waals surface area contributed by atoms with Crippen molar-refractivity contribution in [2.24, 2.45) is 0 Å². The molecule has 2 fully saturated rings. The Bertz CT molecular complexity index is 402.